The van der Waals surface area contributed by atoms with Crippen LogP contribution in [0, 0.1) is 6.92 Å². The molecule has 0 saturated heterocycles. The van der Waals surface area contributed by atoms with Gasteiger partial charge in [0.25, 0.3) is 5.91 Å². The molecular weight excluding hydrogens is 412 g/mol. The SMILES string of the molecule is CSCCn1c(=NC(=O)c2ccccc2Oc2ccccc2)sc2cc(C)ccc21. The van der Waals surface area contributed by atoms with Crippen LogP contribution >= 0.6 is 23.1 Å². The number of thiazole rings is 1. The van der Waals surface area contributed by atoms with Crippen molar-refractivity contribution in [2.45, 2.75) is 13.5 Å². The quantitative estimate of drug-likeness (QED) is 0.379. The fourth-order valence-electron chi connectivity index (χ4n) is 3.16. The second kappa shape index (κ2) is 9.32. The molecule has 0 saturated carbocycles. The van der Waals surface area contributed by atoms with Crippen LogP contribution in [0.3, 0.4) is 0 Å². The van der Waals surface area contributed by atoms with Crippen LogP contribution in [0.1, 0.15) is 15.9 Å². The lowest BCUT2D eigenvalue weighted by Gasteiger charge is -2.08. The van der Waals surface area contributed by atoms with Gasteiger partial charge < -0.3 is 9.30 Å². The van der Waals surface area contributed by atoms with Crippen LogP contribution in [-0.2, 0) is 6.54 Å². The normalized spacial score (nSPS) is 11.7. The van der Waals surface area contributed by atoms with E-state index in [1.807, 2.05) is 42.5 Å². The third-order valence-corrected chi connectivity index (χ3v) is 6.27. The summed E-state index contributed by atoms with van der Waals surface area (Å²) in [7, 11) is 0. The first-order chi connectivity index (χ1) is 14.7. The smallest absolute Gasteiger partial charge is 0.283 e. The highest BCUT2D eigenvalue weighted by Gasteiger charge is 2.14. The number of nitrogens with zero attached hydrogens (tertiary/aromatic N) is 2. The molecule has 0 aliphatic heterocycles. The Bertz CT molecular complexity index is 1240. The van der Waals surface area contributed by atoms with E-state index in [4.69, 9.17) is 4.74 Å². The maximum absolute atomic E-state index is 13.1. The maximum Gasteiger partial charge on any atom is 0.283 e. The van der Waals surface area contributed by atoms with Crippen molar-refractivity contribution in [1.82, 2.24) is 4.57 Å². The third-order valence-electron chi connectivity index (χ3n) is 4.64. The molecule has 0 fully saturated rings. The summed E-state index contributed by atoms with van der Waals surface area (Å²) in [5.41, 5.74) is 2.76. The van der Waals surface area contributed by atoms with E-state index in [9.17, 15) is 4.79 Å². The Morgan fingerprint density at radius 3 is 2.63 bits per heavy atom. The number of ether oxygens (including phenoxy) is 1. The number of hydrogen-bond acceptors (Lipinski definition) is 4. The first kappa shape index (κ1) is 20.4. The van der Waals surface area contributed by atoms with Gasteiger partial charge in [0.1, 0.15) is 11.5 Å². The van der Waals surface area contributed by atoms with Crippen molar-refractivity contribution < 1.29 is 9.53 Å². The lowest BCUT2D eigenvalue weighted by Crippen LogP contribution is -2.18. The van der Waals surface area contributed by atoms with Gasteiger partial charge in [-0.1, -0.05) is 47.7 Å². The Labute approximate surface area is 183 Å². The summed E-state index contributed by atoms with van der Waals surface area (Å²) in [6.45, 7) is 2.88. The molecule has 0 unspecified atom stereocenters. The fraction of sp³-hybridized carbons (Fsp3) is 0.167. The first-order valence-electron chi connectivity index (χ1n) is 9.65. The van der Waals surface area contributed by atoms with E-state index in [2.05, 4.69) is 40.9 Å². The molecule has 1 aromatic heterocycles. The van der Waals surface area contributed by atoms with Gasteiger partial charge in [-0.2, -0.15) is 16.8 Å². The highest BCUT2D eigenvalue weighted by molar-refractivity contribution is 7.98. The second-order valence-corrected chi connectivity index (χ2v) is 8.82. The predicted molar refractivity (Wildman–Crippen MR) is 126 cm³/mol. The van der Waals surface area contributed by atoms with Crippen molar-refractivity contribution >= 4 is 39.2 Å². The van der Waals surface area contributed by atoms with E-state index in [1.54, 1.807) is 35.2 Å². The molecule has 1 amide bonds. The van der Waals surface area contributed by atoms with Gasteiger partial charge in [0.15, 0.2) is 4.80 Å². The molecular formula is C24H22N2O2S2. The summed E-state index contributed by atoms with van der Waals surface area (Å²) < 4.78 is 9.22. The maximum atomic E-state index is 13.1. The molecule has 30 heavy (non-hydrogen) atoms. The van der Waals surface area contributed by atoms with Gasteiger partial charge in [-0.15, -0.1) is 0 Å². The molecule has 0 N–H and O–H groups in total. The van der Waals surface area contributed by atoms with E-state index in [1.165, 1.54) is 5.56 Å². The van der Waals surface area contributed by atoms with Crippen LogP contribution in [0.5, 0.6) is 11.5 Å². The van der Waals surface area contributed by atoms with Gasteiger partial charge >= 0.3 is 0 Å². The molecule has 0 bridgehead atoms. The molecule has 0 aliphatic carbocycles. The van der Waals surface area contributed by atoms with Gasteiger partial charge in [0.05, 0.1) is 15.8 Å². The molecule has 4 nitrogen and oxygen atoms in total. The number of benzene rings is 3. The Hall–Kier alpha value is -2.83. The zero-order chi connectivity index (χ0) is 20.9. The molecule has 0 spiro atoms. The Morgan fingerprint density at radius 1 is 1.07 bits per heavy atom. The van der Waals surface area contributed by atoms with Gasteiger partial charge in [-0.3, -0.25) is 4.79 Å². The van der Waals surface area contributed by atoms with Gasteiger partial charge in [0.2, 0.25) is 0 Å². The average molecular weight is 435 g/mol. The number of amides is 1. The van der Waals surface area contributed by atoms with Gasteiger partial charge in [-0.25, -0.2) is 0 Å². The van der Waals surface area contributed by atoms with Crippen molar-refractivity contribution in [2.24, 2.45) is 4.99 Å². The van der Waals surface area contributed by atoms with E-state index in [0.717, 1.165) is 22.5 Å². The predicted octanol–water partition coefficient (Wildman–Crippen LogP) is 5.91. The molecule has 3 aromatic carbocycles. The summed E-state index contributed by atoms with van der Waals surface area (Å²) in [6.07, 6.45) is 2.08. The first-order valence-corrected chi connectivity index (χ1v) is 11.9. The van der Waals surface area contributed by atoms with Crippen molar-refractivity contribution in [3.8, 4) is 11.5 Å². The van der Waals surface area contributed by atoms with Crippen LogP contribution < -0.4 is 9.54 Å². The number of fused-ring (bicyclic) bond motifs is 1. The lowest BCUT2D eigenvalue weighted by atomic mass is 10.2. The van der Waals surface area contributed by atoms with Gasteiger partial charge in [-0.05, 0) is 55.1 Å². The molecule has 152 valence electrons. The number of carbonyl (C=O) groups is 1. The van der Waals surface area contributed by atoms with Crippen LogP contribution in [0.15, 0.2) is 77.8 Å². The monoisotopic (exact) mass is 434 g/mol. The van der Waals surface area contributed by atoms with Gasteiger partial charge in [0, 0.05) is 12.3 Å². The lowest BCUT2D eigenvalue weighted by molar-refractivity contribution is 0.0995. The zero-order valence-electron chi connectivity index (χ0n) is 16.9. The minimum absolute atomic E-state index is 0.303. The highest BCUT2D eigenvalue weighted by Crippen LogP contribution is 2.26. The van der Waals surface area contributed by atoms with Crippen LogP contribution in [-0.4, -0.2) is 22.5 Å². The van der Waals surface area contributed by atoms with E-state index in [0.29, 0.717) is 21.9 Å². The Balaban J connectivity index is 1.75. The molecule has 4 aromatic rings. The van der Waals surface area contributed by atoms with Crippen LogP contribution in [0.25, 0.3) is 10.2 Å². The summed E-state index contributed by atoms with van der Waals surface area (Å²) in [5, 5.41) is 0. The van der Waals surface area contributed by atoms with E-state index in [-0.39, 0.29) is 5.91 Å². The number of para-hydroxylation sites is 2. The molecule has 0 aliphatic rings. The average Bonchev–Trinajstić information content (AvgIpc) is 3.09. The number of carbonyl (C=O) groups excluding carboxylic acids is 1. The summed E-state index contributed by atoms with van der Waals surface area (Å²) in [6, 6.07) is 23.0. The summed E-state index contributed by atoms with van der Waals surface area (Å²) >= 11 is 3.32. The topological polar surface area (TPSA) is 43.6 Å². The van der Waals surface area contributed by atoms with Crippen molar-refractivity contribution in [3.05, 3.63) is 88.7 Å². The molecule has 1 heterocycles. The standard InChI is InChI=1S/C24H22N2O2S2/c1-17-12-13-20-22(16-17)30-24(26(20)14-15-29-2)25-23(27)19-10-6-7-11-21(19)28-18-8-4-3-5-9-18/h3-13,16H,14-15H2,1-2H3. The minimum atomic E-state index is -0.303. The molecule has 0 atom stereocenters. The van der Waals surface area contributed by atoms with Crippen molar-refractivity contribution in [3.63, 3.8) is 0 Å². The third kappa shape index (κ3) is 4.50. The Morgan fingerprint density at radius 2 is 1.83 bits per heavy atom. The number of aromatic nitrogens is 1. The minimum Gasteiger partial charge on any atom is -0.457 e. The zero-order valence-corrected chi connectivity index (χ0v) is 18.5. The fourth-order valence-corrected chi connectivity index (χ4v) is 4.68. The van der Waals surface area contributed by atoms with Crippen LogP contribution in [0.4, 0.5) is 0 Å². The summed E-state index contributed by atoms with van der Waals surface area (Å²) in [4.78, 5) is 18.4. The molecule has 4 rings (SSSR count). The second-order valence-electron chi connectivity index (χ2n) is 6.83. The number of thioether (sulfide) groups is 1. The largest absolute Gasteiger partial charge is 0.457 e. The van der Waals surface area contributed by atoms with Crippen LogP contribution in [0.2, 0.25) is 0 Å². The Kier molecular flexibility index (Phi) is 6.35. The molecule has 0 radical (unpaired) electrons. The van der Waals surface area contributed by atoms with E-state index < -0.39 is 0 Å². The van der Waals surface area contributed by atoms with Crippen molar-refractivity contribution in [2.75, 3.05) is 12.0 Å². The highest BCUT2D eigenvalue weighted by atomic mass is 32.2. The summed E-state index contributed by atoms with van der Waals surface area (Å²) in [5.74, 6) is 1.84. The number of rotatable bonds is 6. The van der Waals surface area contributed by atoms with Crippen molar-refractivity contribution in [1.29, 1.82) is 0 Å². The van der Waals surface area contributed by atoms with E-state index >= 15 is 0 Å². The number of aryl methyl sites for hydroxylation is 2. The number of hydrogen-bond donors (Lipinski definition) is 0. The molecule has 6 heteroatoms.